The molecule has 0 aliphatic carbocycles. The van der Waals surface area contributed by atoms with Crippen molar-refractivity contribution in [2.75, 3.05) is 0 Å². The van der Waals surface area contributed by atoms with E-state index in [-0.39, 0.29) is 0 Å². The van der Waals surface area contributed by atoms with Crippen molar-refractivity contribution in [2.45, 2.75) is 0 Å². The number of allylic oxidation sites excluding steroid dienone is 1. The van der Waals surface area contributed by atoms with Gasteiger partial charge in [0.15, 0.2) is 0 Å². The molecule has 7 nitrogen and oxygen atoms in total. The Kier molecular flexibility index (Phi) is 4.74. The lowest BCUT2D eigenvalue weighted by Crippen LogP contribution is -2.13. The summed E-state index contributed by atoms with van der Waals surface area (Å²) in [6.07, 6.45) is 0.697. The second-order valence-corrected chi connectivity index (χ2v) is 1.45. The molecule has 0 aromatic heterocycles. The van der Waals surface area contributed by atoms with Crippen molar-refractivity contribution in [1.82, 2.24) is 5.43 Å². The van der Waals surface area contributed by atoms with Gasteiger partial charge in [0.05, 0.1) is 0 Å². The van der Waals surface area contributed by atoms with Gasteiger partial charge in [-0.3, -0.25) is 9.59 Å². The highest BCUT2D eigenvalue weighted by Gasteiger charge is 1.91. The van der Waals surface area contributed by atoms with Gasteiger partial charge in [-0.15, -0.1) is 0 Å². The Balaban J connectivity index is 3.78. The van der Waals surface area contributed by atoms with Crippen molar-refractivity contribution < 1.29 is 19.5 Å². The molecule has 64 valence electrons. The molecule has 0 aliphatic rings. The number of hydrogen-bond acceptors (Lipinski definition) is 4. The maximum absolute atomic E-state index is 10.5. The van der Waals surface area contributed by atoms with Crippen LogP contribution in [0.25, 0.3) is 0 Å². The third-order valence-corrected chi connectivity index (χ3v) is 0.622. The van der Waals surface area contributed by atoms with Gasteiger partial charge in [-0.2, -0.15) is 0 Å². The fraction of sp³-hybridized carbons (Fsp3) is 0. The quantitative estimate of drug-likeness (QED) is 0.267. The lowest BCUT2D eigenvalue weighted by atomic mass is 10.5. The molecule has 0 aromatic carbocycles. The third-order valence-electron chi connectivity index (χ3n) is 0.622. The fourth-order valence-corrected chi connectivity index (χ4v) is 0.281. The topological polar surface area (TPSA) is 108 Å². The van der Waals surface area contributed by atoms with Crippen LogP contribution in [0.3, 0.4) is 0 Å². The van der Waals surface area contributed by atoms with Gasteiger partial charge in [-0.1, -0.05) is 10.3 Å². The number of carboxylic acid groups (broad SMARTS) is 1. The van der Waals surface area contributed by atoms with Crippen LogP contribution in [-0.4, -0.2) is 23.4 Å². The SMILES string of the molecule is O=C/C=C\C(=O)N/N=N\C(=O)O. The van der Waals surface area contributed by atoms with E-state index in [1.165, 1.54) is 0 Å². The first kappa shape index (κ1) is 9.95. The average molecular weight is 171 g/mol. The van der Waals surface area contributed by atoms with E-state index >= 15 is 0 Å². The van der Waals surface area contributed by atoms with Gasteiger partial charge < -0.3 is 5.11 Å². The summed E-state index contributed by atoms with van der Waals surface area (Å²) in [5.74, 6) is -0.730. The summed E-state index contributed by atoms with van der Waals surface area (Å²) in [6.45, 7) is 0. The molecular weight excluding hydrogens is 166 g/mol. The van der Waals surface area contributed by atoms with Crippen LogP contribution < -0.4 is 5.43 Å². The van der Waals surface area contributed by atoms with Crippen LogP contribution in [0.2, 0.25) is 0 Å². The number of aldehydes is 1. The minimum absolute atomic E-state index is 0.397. The first-order chi connectivity index (χ1) is 5.66. The van der Waals surface area contributed by atoms with E-state index in [2.05, 4.69) is 10.3 Å². The van der Waals surface area contributed by atoms with Crippen molar-refractivity contribution in [3.63, 3.8) is 0 Å². The second-order valence-electron chi connectivity index (χ2n) is 1.45. The highest BCUT2D eigenvalue weighted by atomic mass is 16.4. The Morgan fingerprint density at radius 3 is 2.58 bits per heavy atom. The van der Waals surface area contributed by atoms with E-state index < -0.39 is 12.0 Å². The van der Waals surface area contributed by atoms with Crippen molar-refractivity contribution in [1.29, 1.82) is 0 Å². The zero-order chi connectivity index (χ0) is 9.40. The number of nitrogens with one attached hydrogen (secondary N) is 1. The molecule has 0 saturated heterocycles. The van der Waals surface area contributed by atoms with E-state index in [1.54, 1.807) is 5.43 Å². The zero-order valence-electron chi connectivity index (χ0n) is 5.80. The molecule has 0 unspecified atom stereocenters. The fourth-order valence-electron chi connectivity index (χ4n) is 0.281. The Morgan fingerprint density at radius 2 is 2.08 bits per heavy atom. The van der Waals surface area contributed by atoms with Crippen LogP contribution in [0, 0.1) is 0 Å². The van der Waals surface area contributed by atoms with Crippen LogP contribution >= 0.6 is 0 Å². The number of hydrogen-bond donors (Lipinski definition) is 2. The van der Waals surface area contributed by atoms with E-state index in [0.717, 1.165) is 12.2 Å². The molecule has 2 amide bonds. The number of amides is 2. The molecule has 0 aliphatic heterocycles. The summed E-state index contributed by atoms with van der Waals surface area (Å²) in [7, 11) is 0. The minimum Gasteiger partial charge on any atom is -0.462 e. The number of carbonyl (C=O) groups is 3. The summed E-state index contributed by atoms with van der Waals surface area (Å²) >= 11 is 0. The van der Waals surface area contributed by atoms with Gasteiger partial charge in [0.1, 0.15) is 6.29 Å². The van der Waals surface area contributed by atoms with Crippen LogP contribution in [-0.2, 0) is 9.59 Å². The van der Waals surface area contributed by atoms with Crippen molar-refractivity contribution in [2.24, 2.45) is 10.3 Å². The Morgan fingerprint density at radius 1 is 1.42 bits per heavy atom. The van der Waals surface area contributed by atoms with Gasteiger partial charge in [0.2, 0.25) is 0 Å². The number of carbonyl (C=O) groups excluding carboxylic acids is 2. The predicted octanol–water partition coefficient (Wildman–Crippen LogP) is -0.0971. The van der Waals surface area contributed by atoms with E-state index in [4.69, 9.17) is 5.11 Å². The molecule has 0 bridgehead atoms. The first-order valence-electron chi connectivity index (χ1n) is 2.72. The zero-order valence-corrected chi connectivity index (χ0v) is 5.80. The molecule has 0 atom stereocenters. The van der Waals surface area contributed by atoms with E-state index in [1.807, 2.05) is 0 Å². The standard InChI is InChI=1S/C5H5N3O4/c9-3-1-2-4(10)6-8-7-5(11)12/h1-3H,(H,11,12)(H,6,7,10)/b2-1-. The van der Waals surface area contributed by atoms with Gasteiger partial charge in [-0.25, -0.2) is 10.2 Å². The molecule has 0 spiro atoms. The van der Waals surface area contributed by atoms with Gasteiger partial charge in [0.25, 0.3) is 5.91 Å². The molecular formula is C5H5N3O4. The summed E-state index contributed by atoms with van der Waals surface area (Å²) < 4.78 is 0. The van der Waals surface area contributed by atoms with Crippen LogP contribution in [0.4, 0.5) is 4.79 Å². The summed E-state index contributed by atoms with van der Waals surface area (Å²) in [5.41, 5.74) is 1.74. The van der Waals surface area contributed by atoms with Gasteiger partial charge in [-0.05, 0) is 6.08 Å². The molecule has 0 saturated carbocycles. The molecule has 0 aromatic rings. The molecule has 0 heterocycles. The average Bonchev–Trinajstić information content (AvgIpc) is 2.00. The lowest BCUT2D eigenvalue weighted by Gasteiger charge is -1.86. The largest absolute Gasteiger partial charge is 0.462 e. The summed E-state index contributed by atoms with van der Waals surface area (Å²) in [6, 6.07) is 0. The molecule has 2 N–H and O–H groups in total. The minimum atomic E-state index is -1.52. The Hall–Kier alpha value is -2.05. The lowest BCUT2D eigenvalue weighted by molar-refractivity contribution is -0.116. The molecule has 7 heteroatoms. The maximum Gasteiger partial charge on any atom is 0.451 e. The van der Waals surface area contributed by atoms with Crippen LogP contribution in [0.1, 0.15) is 0 Å². The van der Waals surface area contributed by atoms with Crippen LogP contribution in [0.5, 0.6) is 0 Å². The second kappa shape index (κ2) is 5.71. The first-order valence-corrected chi connectivity index (χ1v) is 2.72. The summed E-state index contributed by atoms with van der Waals surface area (Å²) in [5, 5.41) is 13.3. The van der Waals surface area contributed by atoms with E-state index in [9.17, 15) is 14.4 Å². The van der Waals surface area contributed by atoms with Crippen molar-refractivity contribution in [3.05, 3.63) is 12.2 Å². The van der Waals surface area contributed by atoms with Crippen molar-refractivity contribution in [3.8, 4) is 0 Å². The van der Waals surface area contributed by atoms with Gasteiger partial charge >= 0.3 is 6.09 Å². The Bertz CT molecular complexity index is 245. The predicted molar refractivity (Wildman–Crippen MR) is 36.2 cm³/mol. The highest BCUT2D eigenvalue weighted by Crippen LogP contribution is 1.74. The Labute approximate surface area is 66.8 Å². The van der Waals surface area contributed by atoms with Gasteiger partial charge in [0, 0.05) is 6.08 Å². The molecule has 12 heavy (non-hydrogen) atoms. The molecule has 0 rings (SSSR count). The monoisotopic (exact) mass is 171 g/mol. The molecule has 0 fully saturated rings. The normalized spacial score (nSPS) is 10.3. The molecule has 0 radical (unpaired) electrons. The number of nitrogens with zero attached hydrogens (tertiary/aromatic N) is 2. The summed E-state index contributed by atoms with van der Waals surface area (Å²) in [4.78, 5) is 29.9. The highest BCUT2D eigenvalue weighted by molar-refractivity contribution is 5.90. The maximum atomic E-state index is 10.5. The van der Waals surface area contributed by atoms with Crippen molar-refractivity contribution >= 4 is 18.3 Å². The van der Waals surface area contributed by atoms with Crippen LogP contribution in [0.15, 0.2) is 22.5 Å². The third kappa shape index (κ3) is 6.08. The smallest absolute Gasteiger partial charge is 0.451 e. The number of rotatable bonds is 3. The van der Waals surface area contributed by atoms with E-state index in [0.29, 0.717) is 6.29 Å².